The van der Waals surface area contributed by atoms with Crippen LogP contribution in [0.4, 0.5) is 0 Å². The predicted molar refractivity (Wildman–Crippen MR) is 111 cm³/mol. The first-order valence-corrected chi connectivity index (χ1v) is 10.3. The molecule has 6 nitrogen and oxygen atoms in total. The summed E-state index contributed by atoms with van der Waals surface area (Å²) < 4.78 is 7.49. The van der Waals surface area contributed by atoms with E-state index in [0.717, 1.165) is 22.4 Å². The molecule has 0 aliphatic heterocycles. The zero-order chi connectivity index (χ0) is 20.1. The second kappa shape index (κ2) is 9.52. The highest BCUT2D eigenvalue weighted by molar-refractivity contribution is 7.99. The third kappa shape index (κ3) is 5.32. The molecule has 0 radical (unpaired) electrons. The number of aryl methyl sites for hydroxylation is 2. The molecule has 28 heavy (non-hydrogen) atoms. The monoisotopic (exact) mass is 418 g/mol. The van der Waals surface area contributed by atoms with Gasteiger partial charge in [-0.3, -0.25) is 0 Å². The third-order valence-corrected chi connectivity index (χ3v) is 5.63. The van der Waals surface area contributed by atoms with Crippen LogP contribution in [0.15, 0.2) is 47.6 Å². The van der Waals surface area contributed by atoms with E-state index in [4.69, 9.17) is 16.3 Å². The molecule has 0 unspecified atom stereocenters. The van der Waals surface area contributed by atoms with Gasteiger partial charge in [0.25, 0.3) is 0 Å². The maximum atomic E-state index is 10.3. The van der Waals surface area contributed by atoms with Gasteiger partial charge in [0.2, 0.25) is 5.16 Å². The summed E-state index contributed by atoms with van der Waals surface area (Å²) in [4.78, 5) is 0. The van der Waals surface area contributed by atoms with E-state index >= 15 is 0 Å². The van der Waals surface area contributed by atoms with Gasteiger partial charge < -0.3 is 9.84 Å². The van der Waals surface area contributed by atoms with Crippen molar-refractivity contribution >= 4 is 23.4 Å². The van der Waals surface area contributed by atoms with Crippen LogP contribution in [0.3, 0.4) is 0 Å². The van der Waals surface area contributed by atoms with E-state index in [1.54, 1.807) is 4.68 Å². The number of aromatic nitrogens is 4. The molecule has 0 amide bonds. The van der Waals surface area contributed by atoms with Crippen molar-refractivity contribution in [3.63, 3.8) is 0 Å². The maximum Gasteiger partial charge on any atom is 0.214 e. The number of halogens is 1. The first kappa shape index (κ1) is 20.8. The Balaban J connectivity index is 1.55. The smallest absolute Gasteiger partial charge is 0.214 e. The van der Waals surface area contributed by atoms with Gasteiger partial charge in [-0.15, -0.1) is 5.10 Å². The highest BCUT2D eigenvalue weighted by Crippen LogP contribution is 2.23. The van der Waals surface area contributed by atoms with E-state index in [-0.39, 0.29) is 12.7 Å². The van der Waals surface area contributed by atoms with Gasteiger partial charge in [-0.2, -0.15) is 4.68 Å². The number of thioether (sulfide) groups is 1. The van der Waals surface area contributed by atoms with Crippen LogP contribution in [-0.4, -0.2) is 43.8 Å². The number of nitrogens with zero attached hydrogens (tertiary/aromatic N) is 4. The Morgan fingerprint density at radius 2 is 1.93 bits per heavy atom. The number of rotatable bonds is 8. The van der Waals surface area contributed by atoms with Crippen LogP contribution >= 0.6 is 23.4 Å². The van der Waals surface area contributed by atoms with Crippen molar-refractivity contribution in [2.24, 2.45) is 0 Å². The van der Waals surface area contributed by atoms with Crippen LogP contribution in [0.2, 0.25) is 5.02 Å². The Bertz CT molecular complexity index is 917. The Kier molecular flexibility index (Phi) is 7.07. The number of benzene rings is 2. The fraction of sp³-hybridized carbons (Fsp3) is 0.350. The summed E-state index contributed by atoms with van der Waals surface area (Å²) >= 11 is 7.31. The Morgan fingerprint density at radius 3 is 2.68 bits per heavy atom. The quantitative estimate of drug-likeness (QED) is 0.553. The molecule has 1 N–H and O–H groups in total. The molecule has 1 heterocycles. The Labute approximate surface area is 173 Å². The topological polar surface area (TPSA) is 73.1 Å². The average molecular weight is 419 g/mol. The Morgan fingerprint density at radius 1 is 1.18 bits per heavy atom. The maximum absolute atomic E-state index is 10.3. The van der Waals surface area contributed by atoms with Gasteiger partial charge in [0, 0.05) is 10.8 Å². The van der Waals surface area contributed by atoms with E-state index in [1.807, 2.05) is 57.2 Å². The molecule has 3 aromatic rings. The van der Waals surface area contributed by atoms with Gasteiger partial charge in [-0.25, -0.2) is 0 Å². The zero-order valence-corrected chi connectivity index (χ0v) is 17.6. The van der Waals surface area contributed by atoms with Crippen molar-refractivity contribution in [1.82, 2.24) is 20.2 Å². The summed E-state index contributed by atoms with van der Waals surface area (Å²) in [6, 6.07) is 13.6. The van der Waals surface area contributed by atoms with Gasteiger partial charge in [0.15, 0.2) is 0 Å². The molecule has 0 aliphatic carbocycles. The molecule has 0 saturated carbocycles. The largest absolute Gasteiger partial charge is 0.390 e. The second-order valence-corrected chi connectivity index (χ2v) is 8.08. The summed E-state index contributed by atoms with van der Waals surface area (Å²) in [5.41, 5.74) is 4.18. The van der Waals surface area contributed by atoms with Crippen molar-refractivity contribution < 1.29 is 9.84 Å². The van der Waals surface area contributed by atoms with Crippen molar-refractivity contribution in [1.29, 1.82) is 0 Å². The molecule has 0 saturated heterocycles. The summed E-state index contributed by atoms with van der Waals surface area (Å²) in [6.07, 6.45) is -0.763. The lowest BCUT2D eigenvalue weighted by atomic mass is 10.1. The molecule has 3 rings (SSSR count). The average Bonchev–Trinajstić information content (AvgIpc) is 3.15. The van der Waals surface area contributed by atoms with Crippen molar-refractivity contribution in [3.05, 3.63) is 64.2 Å². The molecule has 0 fully saturated rings. The molecule has 148 valence electrons. The fourth-order valence-electron chi connectivity index (χ4n) is 2.67. The van der Waals surface area contributed by atoms with Crippen LogP contribution in [0.1, 0.15) is 29.7 Å². The van der Waals surface area contributed by atoms with E-state index < -0.39 is 6.10 Å². The minimum atomic E-state index is -0.636. The minimum Gasteiger partial charge on any atom is -0.390 e. The number of hydrogen-bond donors (Lipinski definition) is 1. The molecular weight excluding hydrogens is 396 g/mol. The van der Waals surface area contributed by atoms with E-state index in [1.165, 1.54) is 11.8 Å². The lowest BCUT2D eigenvalue weighted by Crippen LogP contribution is -2.19. The van der Waals surface area contributed by atoms with Crippen molar-refractivity contribution in [2.75, 3.05) is 12.4 Å². The number of tetrazole rings is 1. The Hall–Kier alpha value is -1.93. The van der Waals surface area contributed by atoms with Crippen LogP contribution in [-0.2, 0) is 4.74 Å². The van der Waals surface area contributed by atoms with Gasteiger partial charge in [-0.1, -0.05) is 47.6 Å². The van der Waals surface area contributed by atoms with Crippen LogP contribution in [0, 0.1) is 13.8 Å². The molecule has 0 bridgehead atoms. The highest BCUT2D eigenvalue weighted by Gasteiger charge is 2.15. The van der Waals surface area contributed by atoms with Crippen molar-refractivity contribution in [2.45, 2.75) is 38.1 Å². The highest BCUT2D eigenvalue weighted by atomic mass is 35.5. The van der Waals surface area contributed by atoms with Gasteiger partial charge in [-0.05, 0) is 66.1 Å². The lowest BCUT2D eigenvalue weighted by Gasteiger charge is -2.16. The summed E-state index contributed by atoms with van der Waals surface area (Å²) in [5, 5.41) is 23.6. The van der Waals surface area contributed by atoms with Crippen LogP contribution in [0.25, 0.3) is 5.69 Å². The molecule has 0 aliphatic rings. The normalized spacial score (nSPS) is 13.5. The summed E-state index contributed by atoms with van der Waals surface area (Å²) in [7, 11) is 0. The first-order valence-electron chi connectivity index (χ1n) is 8.98. The minimum absolute atomic E-state index is 0.128. The lowest BCUT2D eigenvalue weighted by molar-refractivity contribution is 0.00621. The van der Waals surface area contributed by atoms with Gasteiger partial charge in [0.1, 0.15) is 0 Å². The van der Waals surface area contributed by atoms with E-state index in [2.05, 4.69) is 21.6 Å². The first-order chi connectivity index (χ1) is 13.4. The number of aliphatic hydroxyl groups excluding tert-OH is 1. The second-order valence-electron chi connectivity index (χ2n) is 6.66. The molecule has 2 atom stereocenters. The van der Waals surface area contributed by atoms with Crippen molar-refractivity contribution in [3.8, 4) is 5.69 Å². The molecule has 8 heteroatoms. The number of aliphatic hydroxyl groups is 1. The SMILES string of the molecule is Cc1ccc(C)c(-n2nnnc2SC[C@H](O)CO[C@H](C)c2ccc(Cl)cc2)c1. The predicted octanol–water partition coefficient (Wildman–Crippen LogP) is 4.16. The van der Waals surface area contributed by atoms with Crippen LogP contribution in [0.5, 0.6) is 0 Å². The standard InChI is InChI=1S/C20H23ClN4O2S/c1-13-4-5-14(2)19(10-13)25-20(22-23-24-25)28-12-18(26)11-27-15(3)16-6-8-17(21)9-7-16/h4-10,15,18,26H,11-12H2,1-3H3/t15-,18-/m1/s1. The summed E-state index contributed by atoms with van der Waals surface area (Å²) in [5.74, 6) is 0.429. The van der Waals surface area contributed by atoms with Gasteiger partial charge in [0.05, 0.1) is 24.5 Å². The molecule has 0 spiro atoms. The van der Waals surface area contributed by atoms with E-state index in [0.29, 0.717) is 15.9 Å². The number of hydrogen-bond acceptors (Lipinski definition) is 6. The number of ether oxygens (including phenoxy) is 1. The molecule has 1 aromatic heterocycles. The van der Waals surface area contributed by atoms with Gasteiger partial charge >= 0.3 is 0 Å². The zero-order valence-electron chi connectivity index (χ0n) is 16.0. The molecule has 2 aromatic carbocycles. The fourth-order valence-corrected chi connectivity index (χ4v) is 3.59. The third-order valence-electron chi connectivity index (χ3n) is 4.32. The van der Waals surface area contributed by atoms with Crippen LogP contribution < -0.4 is 0 Å². The summed E-state index contributed by atoms with van der Waals surface area (Å²) in [6.45, 7) is 6.22. The van der Waals surface area contributed by atoms with E-state index in [9.17, 15) is 5.11 Å². The molecular formula is C20H23ClN4O2S.